The van der Waals surface area contributed by atoms with Crippen molar-refractivity contribution in [3.05, 3.63) is 0 Å². The smallest absolute Gasteiger partial charge is 0.159 e. The Kier molecular flexibility index (Phi) is 4.44. The maximum Gasteiger partial charge on any atom is 0.159 e. The lowest BCUT2D eigenvalue weighted by molar-refractivity contribution is -0.181. The molecule has 6 nitrogen and oxygen atoms in total. The van der Waals surface area contributed by atoms with Gasteiger partial charge in [-0.1, -0.05) is 11.8 Å². The second kappa shape index (κ2) is 5.70. The Balaban J connectivity index is 2.04. The Hall–Kier alpha value is -0.410. The molecule has 0 aliphatic carbocycles. The molecule has 0 aromatic rings. The van der Waals surface area contributed by atoms with Gasteiger partial charge < -0.3 is 25.4 Å². The van der Waals surface area contributed by atoms with Gasteiger partial charge in [0.1, 0.15) is 36.5 Å². The molecule has 0 radical (unpaired) electrons. The maximum absolute atomic E-state index is 12.0. The quantitative estimate of drug-likeness (QED) is 0.521. The number of fused-ring (bicyclic) bond motifs is 1. The third-order valence-corrected chi connectivity index (χ3v) is 4.04. The van der Waals surface area contributed by atoms with Gasteiger partial charge in [-0.3, -0.25) is 4.99 Å². The fraction of sp³-hybridized carbons (Fsp3) is 0.900. The van der Waals surface area contributed by atoms with Gasteiger partial charge in [0.25, 0.3) is 0 Å². The zero-order valence-corrected chi connectivity index (χ0v) is 10.7. The minimum absolute atomic E-state index is 0.143. The van der Waals surface area contributed by atoms with Crippen molar-refractivity contribution in [3.8, 4) is 0 Å². The lowest BCUT2D eigenvalue weighted by Gasteiger charge is -2.39. The Bertz CT molecular complexity index is 331. The monoisotopic (exact) mass is 280 g/mol. The van der Waals surface area contributed by atoms with Gasteiger partial charge in [0.15, 0.2) is 5.17 Å². The molecule has 2 rings (SSSR count). The summed E-state index contributed by atoms with van der Waals surface area (Å²) in [4.78, 5) is 4.16. The van der Waals surface area contributed by atoms with Crippen molar-refractivity contribution in [1.82, 2.24) is 5.32 Å². The van der Waals surface area contributed by atoms with Gasteiger partial charge in [-0.05, 0) is 6.92 Å². The van der Waals surface area contributed by atoms with Crippen molar-refractivity contribution in [2.24, 2.45) is 4.99 Å². The fourth-order valence-electron chi connectivity index (χ4n) is 2.02. The van der Waals surface area contributed by atoms with Gasteiger partial charge in [-0.2, -0.15) is 0 Å². The molecule has 0 aromatic heterocycles. The number of ether oxygens (including phenoxy) is 1. The first-order chi connectivity index (χ1) is 8.54. The number of thioether (sulfide) groups is 1. The van der Waals surface area contributed by atoms with Crippen LogP contribution in [0.5, 0.6) is 0 Å². The highest BCUT2D eigenvalue weighted by Gasteiger charge is 2.49. The molecule has 0 saturated carbocycles. The summed E-state index contributed by atoms with van der Waals surface area (Å²) in [6.07, 6.45) is -4.01. The largest absolute Gasteiger partial charge is 0.391 e. The molecular formula is C10H17FN2O4S. The van der Waals surface area contributed by atoms with E-state index in [1.54, 1.807) is 0 Å². The highest BCUT2D eigenvalue weighted by atomic mass is 32.2. The van der Waals surface area contributed by atoms with Crippen molar-refractivity contribution in [2.45, 2.75) is 42.8 Å². The Morgan fingerprint density at radius 3 is 2.83 bits per heavy atom. The highest BCUT2D eigenvalue weighted by Crippen LogP contribution is 2.36. The van der Waals surface area contributed by atoms with Crippen LogP contribution in [0.3, 0.4) is 0 Å². The number of nitrogens with one attached hydrogen (secondary N) is 1. The van der Waals surface area contributed by atoms with Gasteiger partial charge >= 0.3 is 0 Å². The number of alkyl halides is 1. The summed E-state index contributed by atoms with van der Waals surface area (Å²) in [6, 6.07) is -0.595. The summed E-state index contributed by atoms with van der Waals surface area (Å²) >= 11 is 1.23. The zero-order chi connectivity index (χ0) is 13.3. The van der Waals surface area contributed by atoms with E-state index in [-0.39, 0.29) is 6.54 Å². The zero-order valence-electron chi connectivity index (χ0n) is 9.86. The van der Waals surface area contributed by atoms with E-state index >= 15 is 0 Å². The van der Waals surface area contributed by atoms with Crippen LogP contribution in [-0.2, 0) is 4.74 Å². The van der Waals surface area contributed by atoms with Crippen LogP contribution in [0.15, 0.2) is 4.99 Å². The fourth-order valence-corrected chi connectivity index (χ4v) is 3.16. The molecule has 0 amide bonds. The lowest BCUT2D eigenvalue weighted by atomic mass is 9.95. The second-order valence-corrected chi connectivity index (χ2v) is 5.44. The van der Waals surface area contributed by atoms with Crippen LogP contribution in [-0.4, -0.2) is 69.6 Å². The second-order valence-electron chi connectivity index (χ2n) is 4.35. The van der Waals surface area contributed by atoms with E-state index in [9.17, 15) is 19.7 Å². The van der Waals surface area contributed by atoms with Gasteiger partial charge in [-0.15, -0.1) is 0 Å². The SMILES string of the molecule is CC(O)[C@H]1O[C@@H]2SC(NCCF)=N[C@@H]2[C@@H](O)[C@@H]1O. The van der Waals surface area contributed by atoms with E-state index in [1.165, 1.54) is 18.7 Å². The number of aliphatic hydroxyl groups excluding tert-OH is 3. The van der Waals surface area contributed by atoms with Gasteiger partial charge in [0.05, 0.1) is 6.10 Å². The summed E-state index contributed by atoms with van der Waals surface area (Å²) < 4.78 is 17.6. The molecule has 18 heavy (non-hydrogen) atoms. The number of amidine groups is 1. The van der Waals surface area contributed by atoms with Crippen LogP contribution < -0.4 is 5.32 Å². The molecule has 1 fully saturated rings. The van der Waals surface area contributed by atoms with E-state index < -0.39 is 42.6 Å². The van der Waals surface area contributed by atoms with E-state index in [2.05, 4.69) is 10.3 Å². The number of hydrogen-bond acceptors (Lipinski definition) is 7. The molecule has 8 heteroatoms. The van der Waals surface area contributed by atoms with Crippen molar-refractivity contribution in [2.75, 3.05) is 13.2 Å². The van der Waals surface area contributed by atoms with Crippen LogP contribution in [0.4, 0.5) is 4.39 Å². The first-order valence-corrected chi connectivity index (χ1v) is 6.66. The first kappa shape index (κ1) is 14.0. The molecule has 1 unspecified atom stereocenters. The van der Waals surface area contributed by atoms with Crippen LogP contribution in [0.2, 0.25) is 0 Å². The molecule has 0 aromatic carbocycles. The van der Waals surface area contributed by atoms with Crippen LogP contribution in [0.25, 0.3) is 0 Å². The highest BCUT2D eigenvalue weighted by molar-refractivity contribution is 8.14. The predicted octanol–water partition coefficient (Wildman–Crippen LogP) is -1.16. The predicted molar refractivity (Wildman–Crippen MR) is 65.1 cm³/mol. The minimum atomic E-state index is -1.18. The lowest BCUT2D eigenvalue weighted by Crippen LogP contribution is -2.57. The van der Waals surface area contributed by atoms with Crippen LogP contribution in [0.1, 0.15) is 6.92 Å². The van der Waals surface area contributed by atoms with Gasteiger partial charge in [0, 0.05) is 6.54 Å². The molecule has 4 N–H and O–H groups in total. The summed E-state index contributed by atoms with van der Waals surface area (Å²) in [7, 11) is 0. The van der Waals surface area contributed by atoms with E-state index in [0.29, 0.717) is 5.17 Å². The molecule has 1 saturated heterocycles. The Morgan fingerprint density at radius 1 is 1.50 bits per heavy atom. The summed E-state index contributed by atoms with van der Waals surface area (Å²) in [5.41, 5.74) is -0.467. The number of aliphatic imine (C=N–C) groups is 1. The molecule has 104 valence electrons. The number of rotatable bonds is 3. The van der Waals surface area contributed by atoms with Gasteiger partial charge in [0.2, 0.25) is 0 Å². The van der Waals surface area contributed by atoms with Crippen molar-refractivity contribution < 1.29 is 24.4 Å². The summed E-state index contributed by atoms with van der Waals surface area (Å²) in [5, 5.41) is 32.5. The minimum Gasteiger partial charge on any atom is -0.391 e. The summed E-state index contributed by atoms with van der Waals surface area (Å²) in [6.45, 7) is 1.12. The molecule has 2 aliphatic rings. The van der Waals surface area contributed by atoms with Crippen LogP contribution in [0, 0.1) is 0 Å². The van der Waals surface area contributed by atoms with E-state index in [0.717, 1.165) is 0 Å². The third-order valence-electron chi connectivity index (χ3n) is 2.95. The Labute approximate surface area is 108 Å². The van der Waals surface area contributed by atoms with Crippen molar-refractivity contribution in [1.29, 1.82) is 0 Å². The molecular weight excluding hydrogens is 263 g/mol. The molecule has 0 spiro atoms. The number of nitrogens with zero attached hydrogens (tertiary/aromatic N) is 1. The average Bonchev–Trinajstić information content (AvgIpc) is 2.74. The third kappa shape index (κ3) is 2.62. The van der Waals surface area contributed by atoms with E-state index in [1.807, 2.05) is 0 Å². The van der Waals surface area contributed by atoms with Crippen LogP contribution >= 0.6 is 11.8 Å². The summed E-state index contributed by atoms with van der Waals surface area (Å²) in [5.74, 6) is 0. The number of halogens is 1. The standard InChI is InChI=1S/C10H17FN2O4S/c1-4(14)8-7(16)6(15)5-9(17-8)18-10(13-5)12-3-2-11/h4-9,14-16H,2-3H2,1H3,(H,12,13)/t4?,5-,6-,7+,8-,9-/m1/s1. The number of aliphatic hydroxyl groups is 3. The van der Waals surface area contributed by atoms with Gasteiger partial charge in [-0.25, -0.2) is 4.39 Å². The number of hydrogen-bond donors (Lipinski definition) is 4. The van der Waals surface area contributed by atoms with E-state index in [4.69, 9.17) is 4.74 Å². The average molecular weight is 280 g/mol. The van der Waals surface area contributed by atoms with Crippen molar-refractivity contribution >= 4 is 16.9 Å². The molecule has 2 aliphatic heterocycles. The molecule has 6 atom stereocenters. The topological polar surface area (TPSA) is 94.3 Å². The van der Waals surface area contributed by atoms with Crippen molar-refractivity contribution in [3.63, 3.8) is 0 Å². The molecule has 0 bridgehead atoms. The molecule has 2 heterocycles. The normalized spacial score (nSPS) is 41.2. The maximum atomic E-state index is 12.0. The first-order valence-electron chi connectivity index (χ1n) is 5.78. The Morgan fingerprint density at radius 2 is 2.22 bits per heavy atom.